The molecule has 108 valence electrons. The summed E-state index contributed by atoms with van der Waals surface area (Å²) in [5, 5.41) is 7.47. The number of nitrogens with zero attached hydrogens (tertiary/aromatic N) is 4. The van der Waals surface area contributed by atoms with Crippen molar-refractivity contribution in [2.45, 2.75) is 38.6 Å². The van der Waals surface area contributed by atoms with Crippen molar-refractivity contribution in [2.75, 3.05) is 16.8 Å². The van der Waals surface area contributed by atoms with Crippen molar-refractivity contribution in [1.29, 1.82) is 0 Å². The van der Waals surface area contributed by atoms with Crippen molar-refractivity contribution in [3.05, 3.63) is 22.4 Å². The Morgan fingerprint density at radius 1 is 1.45 bits per heavy atom. The second-order valence-electron chi connectivity index (χ2n) is 5.23. The van der Waals surface area contributed by atoms with Crippen LogP contribution in [0, 0.1) is 6.92 Å². The molecule has 1 aliphatic heterocycles. The van der Waals surface area contributed by atoms with Gasteiger partial charge in [0.05, 0.1) is 0 Å². The maximum absolute atomic E-state index is 11.6. The molecule has 6 nitrogen and oxygen atoms in total. The lowest BCUT2D eigenvalue weighted by Crippen LogP contribution is -2.37. The number of hydrogen-bond acceptors (Lipinski definition) is 4. The molecule has 1 saturated heterocycles. The van der Waals surface area contributed by atoms with Crippen LogP contribution in [0.15, 0.2) is 10.9 Å². The SMILES string of the molecule is Cc1nc(N2CCCCCC2CBr)cc2n[nH]c(=O)n12. The molecular formula is C13H18BrN5O. The molecule has 1 fully saturated rings. The van der Waals surface area contributed by atoms with Crippen molar-refractivity contribution in [2.24, 2.45) is 0 Å². The van der Waals surface area contributed by atoms with Crippen LogP contribution in [0.1, 0.15) is 31.5 Å². The first kappa shape index (κ1) is 13.6. The third kappa shape index (κ3) is 2.34. The van der Waals surface area contributed by atoms with Gasteiger partial charge in [-0.05, 0) is 19.8 Å². The topological polar surface area (TPSA) is 66.3 Å². The fourth-order valence-corrected chi connectivity index (χ4v) is 3.54. The highest BCUT2D eigenvalue weighted by molar-refractivity contribution is 9.09. The summed E-state index contributed by atoms with van der Waals surface area (Å²) < 4.78 is 1.50. The van der Waals surface area contributed by atoms with Gasteiger partial charge in [0.25, 0.3) is 0 Å². The number of nitrogens with one attached hydrogen (secondary N) is 1. The predicted octanol–water partition coefficient (Wildman–Crippen LogP) is 1.87. The number of alkyl halides is 1. The normalized spacial score (nSPS) is 20.3. The lowest BCUT2D eigenvalue weighted by molar-refractivity contribution is 0.620. The summed E-state index contributed by atoms with van der Waals surface area (Å²) in [7, 11) is 0. The van der Waals surface area contributed by atoms with E-state index >= 15 is 0 Å². The molecule has 1 atom stereocenters. The Kier molecular flexibility index (Phi) is 3.78. The first-order valence-electron chi connectivity index (χ1n) is 6.98. The molecule has 0 radical (unpaired) electrons. The zero-order valence-electron chi connectivity index (χ0n) is 11.5. The standard InChI is InChI=1S/C13H18BrN5O/c1-9-15-11(7-12-16-17-13(20)19(9)12)18-6-4-2-3-5-10(18)8-14/h7,10H,2-6,8H2,1H3,(H,17,20). The number of aromatic nitrogens is 4. The van der Waals surface area contributed by atoms with Gasteiger partial charge in [-0.2, -0.15) is 5.10 Å². The Balaban J connectivity index is 2.05. The van der Waals surface area contributed by atoms with E-state index in [9.17, 15) is 4.79 Å². The van der Waals surface area contributed by atoms with Crippen LogP contribution in [0.5, 0.6) is 0 Å². The summed E-state index contributed by atoms with van der Waals surface area (Å²) in [5.41, 5.74) is 0.402. The van der Waals surface area contributed by atoms with Crippen LogP contribution in [-0.2, 0) is 0 Å². The molecule has 7 heteroatoms. The number of hydrogen-bond donors (Lipinski definition) is 1. The molecule has 2 aromatic heterocycles. The van der Waals surface area contributed by atoms with Crippen molar-refractivity contribution < 1.29 is 0 Å². The number of aromatic amines is 1. The van der Waals surface area contributed by atoms with E-state index in [-0.39, 0.29) is 5.69 Å². The van der Waals surface area contributed by atoms with Gasteiger partial charge < -0.3 is 4.90 Å². The van der Waals surface area contributed by atoms with E-state index in [0.717, 1.165) is 17.7 Å². The van der Waals surface area contributed by atoms with Crippen LogP contribution >= 0.6 is 15.9 Å². The van der Waals surface area contributed by atoms with Crippen molar-refractivity contribution in [1.82, 2.24) is 19.6 Å². The lowest BCUT2D eigenvalue weighted by Gasteiger charge is -2.30. The molecule has 3 rings (SSSR count). The molecule has 1 N–H and O–H groups in total. The fourth-order valence-electron chi connectivity index (χ4n) is 2.87. The minimum Gasteiger partial charge on any atom is -0.353 e. The number of H-pyrrole nitrogens is 1. The number of rotatable bonds is 2. The van der Waals surface area contributed by atoms with Crippen LogP contribution < -0.4 is 10.6 Å². The minimum absolute atomic E-state index is 0.232. The summed E-state index contributed by atoms with van der Waals surface area (Å²) >= 11 is 3.61. The van der Waals surface area contributed by atoms with Crippen LogP contribution in [-0.4, -0.2) is 37.5 Å². The maximum atomic E-state index is 11.6. The highest BCUT2D eigenvalue weighted by Gasteiger charge is 2.22. The molecule has 3 heterocycles. The van der Waals surface area contributed by atoms with Gasteiger partial charge in [-0.15, -0.1) is 0 Å². The van der Waals surface area contributed by atoms with Crippen LogP contribution in [0.25, 0.3) is 5.65 Å². The zero-order chi connectivity index (χ0) is 14.1. The lowest BCUT2D eigenvalue weighted by atomic mass is 10.1. The average molecular weight is 340 g/mol. The Hall–Kier alpha value is -1.37. The number of halogens is 1. The van der Waals surface area contributed by atoms with E-state index in [1.807, 2.05) is 13.0 Å². The minimum atomic E-state index is -0.232. The molecule has 1 unspecified atom stereocenters. The van der Waals surface area contributed by atoms with Gasteiger partial charge in [-0.1, -0.05) is 28.8 Å². The number of fused-ring (bicyclic) bond motifs is 1. The van der Waals surface area contributed by atoms with Gasteiger partial charge in [0.1, 0.15) is 11.6 Å². The predicted molar refractivity (Wildman–Crippen MR) is 81.7 cm³/mol. The Morgan fingerprint density at radius 2 is 2.30 bits per heavy atom. The molecule has 0 bridgehead atoms. The molecule has 20 heavy (non-hydrogen) atoms. The highest BCUT2D eigenvalue weighted by atomic mass is 79.9. The van der Waals surface area contributed by atoms with Gasteiger partial charge in [-0.3, -0.25) is 0 Å². The van der Waals surface area contributed by atoms with E-state index in [0.29, 0.717) is 17.5 Å². The van der Waals surface area contributed by atoms with Crippen LogP contribution in [0.2, 0.25) is 0 Å². The van der Waals surface area contributed by atoms with Gasteiger partial charge in [-0.25, -0.2) is 19.3 Å². The molecule has 2 aromatic rings. The second-order valence-corrected chi connectivity index (χ2v) is 5.88. The molecule has 1 aliphatic rings. The Labute approximate surface area is 125 Å². The van der Waals surface area contributed by atoms with E-state index < -0.39 is 0 Å². The number of aryl methyl sites for hydroxylation is 1. The zero-order valence-corrected chi connectivity index (χ0v) is 13.1. The summed E-state index contributed by atoms with van der Waals surface area (Å²) in [5.74, 6) is 1.59. The van der Waals surface area contributed by atoms with Crippen molar-refractivity contribution >= 4 is 27.4 Å². The van der Waals surface area contributed by atoms with Gasteiger partial charge >= 0.3 is 5.69 Å². The van der Waals surface area contributed by atoms with Gasteiger partial charge in [0.15, 0.2) is 5.65 Å². The quantitative estimate of drug-likeness (QED) is 0.848. The molecule has 0 spiro atoms. The Morgan fingerprint density at radius 3 is 3.10 bits per heavy atom. The molecular weight excluding hydrogens is 322 g/mol. The first-order chi connectivity index (χ1) is 9.70. The Bertz CT molecular complexity index is 664. The largest absolute Gasteiger partial charge is 0.353 e. The summed E-state index contributed by atoms with van der Waals surface area (Å²) in [6.07, 6.45) is 4.88. The van der Waals surface area contributed by atoms with Crippen molar-refractivity contribution in [3.8, 4) is 0 Å². The molecule has 0 amide bonds. The van der Waals surface area contributed by atoms with E-state index in [1.165, 1.54) is 30.1 Å². The van der Waals surface area contributed by atoms with E-state index in [4.69, 9.17) is 0 Å². The van der Waals surface area contributed by atoms with Crippen molar-refractivity contribution in [3.63, 3.8) is 0 Å². The number of anilines is 1. The highest BCUT2D eigenvalue weighted by Crippen LogP contribution is 2.24. The molecule has 0 aliphatic carbocycles. The average Bonchev–Trinajstić information content (AvgIpc) is 2.68. The van der Waals surface area contributed by atoms with Gasteiger partial charge in [0.2, 0.25) is 0 Å². The van der Waals surface area contributed by atoms with Crippen LogP contribution in [0.3, 0.4) is 0 Å². The van der Waals surface area contributed by atoms with E-state index in [2.05, 4.69) is 36.0 Å². The second kappa shape index (κ2) is 5.55. The van der Waals surface area contributed by atoms with Gasteiger partial charge in [0, 0.05) is 24.0 Å². The molecule has 0 aromatic carbocycles. The molecule has 0 saturated carbocycles. The third-order valence-corrected chi connectivity index (χ3v) is 4.65. The first-order valence-corrected chi connectivity index (χ1v) is 8.10. The monoisotopic (exact) mass is 339 g/mol. The third-order valence-electron chi connectivity index (χ3n) is 3.91. The fraction of sp³-hybridized carbons (Fsp3) is 0.615. The van der Waals surface area contributed by atoms with E-state index in [1.54, 1.807) is 0 Å². The summed E-state index contributed by atoms with van der Waals surface area (Å²) in [6, 6.07) is 2.35. The summed E-state index contributed by atoms with van der Waals surface area (Å²) in [4.78, 5) is 18.6. The summed E-state index contributed by atoms with van der Waals surface area (Å²) in [6.45, 7) is 2.85. The maximum Gasteiger partial charge on any atom is 0.349 e. The van der Waals surface area contributed by atoms with Crippen LogP contribution in [0.4, 0.5) is 5.82 Å². The smallest absolute Gasteiger partial charge is 0.349 e.